The second kappa shape index (κ2) is 9.88. The summed E-state index contributed by atoms with van der Waals surface area (Å²) in [5, 5.41) is 14.6. The second-order valence-corrected chi connectivity index (χ2v) is 8.40. The lowest BCUT2D eigenvalue weighted by Crippen LogP contribution is -2.42. The molecule has 1 aliphatic carbocycles. The first kappa shape index (κ1) is 22.7. The van der Waals surface area contributed by atoms with Gasteiger partial charge in [-0.1, -0.05) is 43.3 Å². The third-order valence-electron chi connectivity index (χ3n) is 6.20. The van der Waals surface area contributed by atoms with E-state index in [-0.39, 0.29) is 6.04 Å². The molecule has 31 heavy (non-hydrogen) atoms. The Bertz CT molecular complexity index is 904. The van der Waals surface area contributed by atoms with Gasteiger partial charge in [0.1, 0.15) is 0 Å². The van der Waals surface area contributed by atoms with Crippen LogP contribution in [0.2, 0.25) is 0 Å². The fourth-order valence-corrected chi connectivity index (χ4v) is 4.95. The van der Waals surface area contributed by atoms with Gasteiger partial charge < -0.3 is 21.8 Å². The largest absolute Gasteiger partial charge is 0.355 e. The number of amides is 2. The molecule has 164 valence electrons. The number of benzene rings is 2. The highest BCUT2D eigenvalue weighted by Gasteiger charge is 2.42. The minimum absolute atomic E-state index is 0.0847. The molecule has 0 heterocycles. The molecule has 2 amide bonds. The molecular weight excluding hydrogens is 388 g/mol. The van der Waals surface area contributed by atoms with Crippen LogP contribution in [0.4, 0.5) is 0 Å². The maximum Gasteiger partial charge on any atom is 0.207 e. The molecule has 0 bridgehead atoms. The van der Waals surface area contributed by atoms with Crippen molar-refractivity contribution in [3.63, 3.8) is 0 Å². The monoisotopic (exact) mass is 420 g/mol. The number of fused-ring (bicyclic) bond motifs is 2. The molecule has 1 atom stereocenters. The van der Waals surface area contributed by atoms with E-state index in [9.17, 15) is 9.59 Å². The fourth-order valence-electron chi connectivity index (χ4n) is 4.95. The van der Waals surface area contributed by atoms with Crippen LogP contribution in [0.1, 0.15) is 60.1 Å². The smallest absolute Gasteiger partial charge is 0.207 e. The first-order chi connectivity index (χ1) is 15.0. The average Bonchev–Trinajstić information content (AvgIpc) is 2.90. The molecule has 0 spiro atoms. The van der Waals surface area contributed by atoms with Gasteiger partial charge in [-0.3, -0.25) is 9.59 Å². The summed E-state index contributed by atoms with van der Waals surface area (Å²) < 4.78 is 0. The van der Waals surface area contributed by atoms with Gasteiger partial charge in [-0.15, -0.1) is 0 Å². The predicted molar refractivity (Wildman–Crippen MR) is 123 cm³/mol. The van der Waals surface area contributed by atoms with Crippen molar-refractivity contribution < 1.29 is 9.59 Å². The van der Waals surface area contributed by atoms with Crippen LogP contribution >= 0.6 is 0 Å². The zero-order valence-electron chi connectivity index (χ0n) is 18.3. The third kappa shape index (κ3) is 4.54. The summed E-state index contributed by atoms with van der Waals surface area (Å²) in [6.45, 7) is 4.99. The summed E-state index contributed by atoms with van der Waals surface area (Å²) in [6.07, 6.45) is 4.40. The number of carbonyl (C=O) groups excluding carboxylic acids is 2. The number of nitrogens with one attached hydrogen (secondary N) is 3. The van der Waals surface area contributed by atoms with Crippen LogP contribution in [0.15, 0.2) is 36.4 Å². The Kier molecular flexibility index (Phi) is 7.23. The zero-order chi connectivity index (χ0) is 22.4. The Balaban J connectivity index is 2.22. The quantitative estimate of drug-likeness (QED) is 0.350. The lowest BCUT2D eigenvalue weighted by Gasteiger charge is -2.39. The normalized spacial score (nSPS) is 15.1. The Morgan fingerprint density at radius 1 is 1.03 bits per heavy atom. The second-order valence-electron chi connectivity index (χ2n) is 8.40. The molecule has 0 saturated carbocycles. The van der Waals surface area contributed by atoms with Gasteiger partial charge in [0.15, 0.2) is 0 Å². The van der Waals surface area contributed by atoms with E-state index < -0.39 is 5.41 Å². The van der Waals surface area contributed by atoms with Crippen LogP contribution in [0.25, 0.3) is 0 Å². The van der Waals surface area contributed by atoms with E-state index in [1.165, 1.54) is 11.1 Å². The van der Waals surface area contributed by atoms with Crippen molar-refractivity contribution in [2.24, 2.45) is 5.73 Å². The van der Waals surface area contributed by atoms with E-state index in [2.05, 4.69) is 34.9 Å². The van der Waals surface area contributed by atoms with Gasteiger partial charge in [-0.05, 0) is 66.0 Å². The van der Waals surface area contributed by atoms with Crippen LogP contribution in [0.3, 0.4) is 0 Å². The molecule has 3 rings (SSSR count). The molecule has 5 N–H and O–H groups in total. The van der Waals surface area contributed by atoms with Crippen molar-refractivity contribution in [3.8, 4) is 0 Å². The minimum atomic E-state index is -0.586. The van der Waals surface area contributed by atoms with Crippen LogP contribution in [0.5, 0.6) is 0 Å². The van der Waals surface area contributed by atoms with Gasteiger partial charge in [0.2, 0.25) is 12.8 Å². The number of hydrogen-bond acceptors (Lipinski definition) is 4. The molecule has 0 saturated heterocycles. The highest BCUT2D eigenvalue weighted by molar-refractivity contribution is 5.97. The molecule has 1 aliphatic rings. The molecule has 0 fully saturated rings. The summed E-state index contributed by atoms with van der Waals surface area (Å²) in [6, 6.07) is 12.6. The zero-order valence-corrected chi connectivity index (χ0v) is 18.3. The van der Waals surface area contributed by atoms with E-state index in [0.717, 1.165) is 35.1 Å². The molecule has 0 aromatic heterocycles. The number of rotatable bonds is 10. The molecule has 6 heteroatoms. The van der Waals surface area contributed by atoms with Gasteiger partial charge in [0, 0.05) is 24.8 Å². The van der Waals surface area contributed by atoms with Crippen molar-refractivity contribution in [2.75, 3.05) is 0 Å². The third-order valence-corrected chi connectivity index (χ3v) is 6.20. The van der Waals surface area contributed by atoms with Crippen molar-refractivity contribution in [1.82, 2.24) is 10.6 Å². The lowest BCUT2D eigenvalue weighted by atomic mass is 9.65. The lowest BCUT2D eigenvalue weighted by molar-refractivity contribution is -0.110. The predicted octanol–water partition coefficient (Wildman–Crippen LogP) is 2.73. The molecule has 2 aromatic carbocycles. The van der Waals surface area contributed by atoms with Crippen molar-refractivity contribution in [2.45, 2.75) is 64.1 Å². The van der Waals surface area contributed by atoms with Crippen LogP contribution in [-0.4, -0.2) is 24.6 Å². The Morgan fingerprint density at radius 2 is 1.52 bits per heavy atom. The molecule has 0 aliphatic heterocycles. The van der Waals surface area contributed by atoms with E-state index in [1.54, 1.807) is 0 Å². The number of hydrogen-bond donors (Lipinski definition) is 4. The Labute approximate surface area is 184 Å². The van der Waals surface area contributed by atoms with Crippen molar-refractivity contribution in [1.29, 1.82) is 5.41 Å². The first-order valence-electron chi connectivity index (χ1n) is 10.9. The molecule has 0 radical (unpaired) electrons. The van der Waals surface area contributed by atoms with Gasteiger partial charge in [-0.25, -0.2) is 0 Å². The van der Waals surface area contributed by atoms with Crippen LogP contribution in [0, 0.1) is 5.41 Å². The molecule has 2 aromatic rings. The highest BCUT2D eigenvalue weighted by atomic mass is 16.1. The van der Waals surface area contributed by atoms with Gasteiger partial charge in [0.05, 0.1) is 5.41 Å². The Morgan fingerprint density at radius 3 is 1.90 bits per heavy atom. The van der Waals surface area contributed by atoms with Gasteiger partial charge in [0.25, 0.3) is 0 Å². The summed E-state index contributed by atoms with van der Waals surface area (Å²) in [7, 11) is 0. The van der Waals surface area contributed by atoms with E-state index in [0.29, 0.717) is 44.5 Å². The van der Waals surface area contributed by atoms with Crippen molar-refractivity contribution in [3.05, 3.63) is 69.8 Å². The topological polar surface area (TPSA) is 108 Å². The number of carbonyl (C=O) groups is 2. The summed E-state index contributed by atoms with van der Waals surface area (Å²) in [5.74, 6) is 0. The van der Waals surface area contributed by atoms with E-state index in [4.69, 9.17) is 11.1 Å². The van der Waals surface area contributed by atoms with Crippen LogP contribution < -0.4 is 16.4 Å². The fraction of sp³-hybridized carbons (Fsp3) is 0.400. The molecular formula is C25H32N4O2. The highest BCUT2D eigenvalue weighted by Crippen LogP contribution is 2.45. The van der Waals surface area contributed by atoms with E-state index in [1.807, 2.05) is 26.0 Å². The molecule has 6 nitrogen and oxygen atoms in total. The maximum absolute atomic E-state index is 10.8. The van der Waals surface area contributed by atoms with Gasteiger partial charge >= 0.3 is 0 Å². The minimum Gasteiger partial charge on any atom is -0.355 e. The average molecular weight is 421 g/mol. The summed E-state index contributed by atoms with van der Waals surface area (Å²) in [4.78, 5) is 21.5. The van der Waals surface area contributed by atoms with Crippen molar-refractivity contribution >= 4 is 18.5 Å². The number of aryl methyl sites for hydroxylation is 2. The number of nitrogens with two attached hydrogens (primary N) is 1. The summed E-state index contributed by atoms with van der Waals surface area (Å²) in [5.41, 5.74) is 13.2. The maximum atomic E-state index is 10.8. The first-order valence-corrected chi connectivity index (χ1v) is 10.9. The van der Waals surface area contributed by atoms with Crippen LogP contribution in [-0.2, 0) is 40.9 Å². The summed E-state index contributed by atoms with van der Waals surface area (Å²) >= 11 is 0. The van der Waals surface area contributed by atoms with Gasteiger partial charge in [-0.2, -0.15) is 0 Å². The Hall–Kier alpha value is -2.99. The standard InChI is InChI=1S/C25H32N4O2/c1-3-24(27)25(12-17(2)26)22-8-4-18(13-28-15-30)10-20(22)6-7-21-11-19(14-29-16-31)5-9-23(21)25/h4-5,8-11,15-17,27H,3,6-7,12-14,26H2,1-2H3,(H,28,30)(H,29,31)/t17-/m1/s1. The SMILES string of the molecule is CCC(=N)C1(C[C@@H](C)N)c2ccc(CNC=O)cc2CCc2cc(CNC=O)ccc21. The molecule has 0 unspecified atom stereocenters. The van der Waals surface area contributed by atoms with E-state index >= 15 is 0 Å².